The number of carbonyl (C=O) groups excluding carboxylic acids is 1. The van der Waals surface area contributed by atoms with Gasteiger partial charge in [0.1, 0.15) is 12.4 Å². The molecule has 2 aliphatic heterocycles. The Labute approximate surface area is 205 Å². The van der Waals surface area contributed by atoms with Crippen LogP contribution in [0.15, 0.2) is 60.8 Å². The maximum atomic E-state index is 11.9. The van der Waals surface area contributed by atoms with Crippen molar-refractivity contribution < 1.29 is 14.6 Å². The average Bonchev–Trinajstić information content (AvgIpc) is 3.48. The monoisotopic (exact) mass is 468 g/mol. The van der Waals surface area contributed by atoms with Crippen LogP contribution in [-0.4, -0.2) is 47.1 Å². The number of anilines is 1. The lowest BCUT2D eigenvalue weighted by Crippen LogP contribution is -2.38. The number of benzene rings is 2. The van der Waals surface area contributed by atoms with Crippen molar-refractivity contribution in [2.24, 2.45) is 0 Å². The van der Waals surface area contributed by atoms with E-state index >= 15 is 0 Å². The molecule has 5 rings (SSSR count). The van der Waals surface area contributed by atoms with Crippen molar-refractivity contribution in [3.8, 4) is 0 Å². The summed E-state index contributed by atoms with van der Waals surface area (Å²) in [5, 5.41) is 14.6. The highest BCUT2D eigenvalue weighted by atomic mass is 16.5. The first-order valence-corrected chi connectivity index (χ1v) is 11.8. The molecule has 7 nitrogen and oxygen atoms in total. The number of aliphatic hydroxyl groups is 1. The van der Waals surface area contributed by atoms with Crippen molar-refractivity contribution >= 4 is 17.5 Å². The zero-order valence-electron chi connectivity index (χ0n) is 19.7. The van der Waals surface area contributed by atoms with E-state index in [1.807, 2.05) is 25.1 Å². The summed E-state index contributed by atoms with van der Waals surface area (Å²) in [4.78, 5) is 22.0. The van der Waals surface area contributed by atoms with E-state index in [-0.39, 0.29) is 18.0 Å². The van der Waals surface area contributed by atoms with Crippen LogP contribution in [0.5, 0.6) is 0 Å². The van der Waals surface area contributed by atoms with Gasteiger partial charge in [0, 0.05) is 36.8 Å². The van der Waals surface area contributed by atoms with Crippen LogP contribution in [-0.2, 0) is 16.8 Å². The van der Waals surface area contributed by atoms with Crippen molar-refractivity contribution in [1.29, 1.82) is 0 Å². The van der Waals surface area contributed by atoms with Gasteiger partial charge >= 0.3 is 5.97 Å². The van der Waals surface area contributed by atoms with E-state index < -0.39 is 6.10 Å². The number of carbonyl (C=O) groups is 1. The Hall–Kier alpha value is -3.73. The van der Waals surface area contributed by atoms with Crippen LogP contribution in [0.1, 0.15) is 45.1 Å². The highest BCUT2D eigenvalue weighted by Gasteiger charge is 2.40. The predicted octanol–water partition coefficient (Wildman–Crippen LogP) is 4.40. The van der Waals surface area contributed by atoms with Gasteiger partial charge in [0.15, 0.2) is 0 Å². The molecule has 0 saturated carbocycles. The first kappa shape index (κ1) is 23.0. The van der Waals surface area contributed by atoms with Gasteiger partial charge < -0.3 is 15.2 Å². The molecule has 178 valence electrons. The number of fused-ring (bicyclic) bond motifs is 1. The number of likely N-dealkylation sites (tertiary alicyclic amines) is 1. The van der Waals surface area contributed by atoms with Crippen LogP contribution in [0, 0.1) is 13.5 Å². The second kappa shape index (κ2) is 9.49. The van der Waals surface area contributed by atoms with Crippen LogP contribution in [0.3, 0.4) is 0 Å². The molecule has 1 unspecified atom stereocenters. The van der Waals surface area contributed by atoms with Crippen LogP contribution in [0.25, 0.3) is 4.85 Å². The minimum atomic E-state index is -0.654. The topological polar surface area (TPSA) is 79.0 Å². The summed E-state index contributed by atoms with van der Waals surface area (Å²) in [5.41, 5.74) is 4.92. The van der Waals surface area contributed by atoms with Crippen molar-refractivity contribution in [3.05, 3.63) is 100 Å². The Morgan fingerprint density at radius 3 is 2.80 bits per heavy atom. The summed E-state index contributed by atoms with van der Waals surface area (Å²) >= 11 is 0. The lowest BCUT2D eigenvalue weighted by Gasteiger charge is -2.31. The van der Waals surface area contributed by atoms with Gasteiger partial charge in [-0.15, -0.1) is 0 Å². The molecular formula is C28H28N4O3. The summed E-state index contributed by atoms with van der Waals surface area (Å²) in [7, 11) is 0. The zero-order chi connectivity index (χ0) is 24.4. The predicted molar refractivity (Wildman–Crippen MR) is 133 cm³/mol. The van der Waals surface area contributed by atoms with Crippen molar-refractivity contribution in [3.63, 3.8) is 0 Å². The van der Waals surface area contributed by atoms with E-state index in [4.69, 9.17) is 11.3 Å². The second-order valence-corrected chi connectivity index (χ2v) is 9.40. The van der Waals surface area contributed by atoms with Crippen LogP contribution < -0.4 is 5.32 Å². The molecule has 35 heavy (non-hydrogen) atoms. The molecule has 0 spiro atoms. The first-order chi connectivity index (χ1) is 17.0. The lowest BCUT2D eigenvalue weighted by atomic mass is 9.79. The Kier molecular flexibility index (Phi) is 6.25. The summed E-state index contributed by atoms with van der Waals surface area (Å²) in [6.45, 7) is 12.2. The highest BCUT2D eigenvalue weighted by molar-refractivity contribution is 5.93. The van der Waals surface area contributed by atoms with Gasteiger partial charge in [-0.25, -0.2) is 9.64 Å². The molecule has 1 saturated heterocycles. The number of aromatic nitrogens is 1. The van der Waals surface area contributed by atoms with E-state index in [9.17, 15) is 9.90 Å². The van der Waals surface area contributed by atoms with E-state index in [0.717, 1.165) is 42.0 Å². The maximum absolute atomic E-state index is 11.9. The number of ether oxygens (including phenoxy) is 1. The molecule has 0 radical (unpaired) electrons. The highest BCUT2D eigenvalue weighted by Crippen LogP contribution is 2.37. The van der Waals surface area contributed by atoms with E-state index in [0.29, 0.717) is 24.3 Å². The number of hydrogen-bond donors (Lipinski definition) is 2. The summed E-state index contributed by atoms with van der Waals surface area (Å²) < 4.78 is 5.17. The molecular weight excluding hydrogens is 440 g/mol. The van der Waals surface area contributed by atoms with Gasteiger partial charge in [-0.05, 0) is 48.7 Å². The molecule has 2 aliphatic rings. The largest absolute Gasteiger partial charge is 0.457 e. The van der Waals surface area contributed by atoms with Gasteiger partial charge in [-0.3, -0.25) is 9.88 Å². The molecule has 0 bridgehead atoms. The SMILES string of the molecule is [C-]#[N+]c1ccc(NCC2(c3ccccc3)CCN(C[C@H](O)c3ccc4c(c3C)COC4=O)C2)nc1. The fourth-order valence-electron chi connectivity index (χ4n) is 5.28. The van der Waals surface area contributed by atoms with E-state index in [2.05, 4.69) is 44.3 Å². The minimum absolute atomic E-state index is 0.131. The summed E-state index contributed by atoms with van der Waals surface area (Å²) in [6.07, 6.45) is 1.88. The minimum Gasteiger partial charge on any atom is -0.457 e. The molecule has 7 heteroatoms. The van der Waals surface area contributed by atoms with Gasteiger partial charge in [-0.2, -0.15) is 0 Å². The standard InChI is InChI=1S/C28H28N4O3/c1-19-22(9-10-23-24(19)16-35-27(23)34)25(33)15-32-13-12-28(18-32,20-6-4-3-5-7-20)17-31-26-11-8-21(29-2)14-30-26/h3-11,14,25,33H,12-13,15-18H2,1H3,(H,30,31)/t25-,28?/m0/s1. The molecule has 0 aliphatic carbocycles. The number of nitrogens with zero attached hydrogens (tertiary/aromatic N) is 3. The van der Waals surface area contributed by atoms with Gasteiger partial charge in [0.2, 0.25) is 5.69 Å². The fourth-order valence-corrected chi connectivity index (χ4v) is 5.28. The molecule has 3 heterocycles. The van der Waals surface area contributed by atoms with E-state index in [1.165, 1.54) is 5.56 Å². The maximum Gasteiger partial charge on any atom is 0.338 e. The van der Waals surface area contributed by atoms with Crippen molar-refractivity contribution in [1.82, 2.24) is 9.88 Å². The third-order valence-corrected chi connectivity index (χ3v) is 7.30. The Balaban J connectivity index is 1.32. The number of cyclic esters (lactones) is 1. The third-order valence-electron chi connectivity index (χ3n) is 7.30. The molecule has 1 fully saturated rings. The second-order valence-electron chi connectivity index (χ2n) is 9.40. The molecule has 2 atom stereocenters. The fraction of sp³-hybridized carbons (Fsp3) is 0.321. The molecule has 0 amide bonds. The number of aliphatic hydroxyl groups excluding tert-OH is 1. The van der Waals surface area contributed by atoms with Crippen LogP contribution in [0.2, 0.25) is 0 Å². The molecule has 1 aromatic heterocycles. The first-order valence-electron chi connectivity index (χ1n) is 11.8. The quantitative estimate of drug-likeness (QED) is 0.395. The molecule has 2 aromatic carbocycles. The summed E-state index contributed by atoms with van der Waals surface area (Å²) in [5.74, 6) is 0.457. The van der Waals surface area contributed by atoms with E-state index in [1.54, 1.807) is 18.3 Å². The zero-order valence-corrected chi connectivity index (χ0v) is 19.7. The summed E-state index contributed by atoms with van der Waals surface area (Å²) in [6, 6.07) is 17.7. The molecule has 3 aromatic rings. The number of nitrogens with one attached hydrogen (secondary N) is 1. The number of hydrogen-bond acceptors (Lipinski definition) is 6. The smallest absolute Gasteiger partial charge is 0.338 e. The van der Waals surface area contributed by atoms with Crippen molar-refractivity contribution in [2.75, 3.05) is 31.5 Å². The third kappa shape index (κ3) is 4.51. The lowest BCUT2D eigenvalue weighted by molar-refractivity contribution is 0.0535. The van der Waals surface area contributed by atoms with Crippen LogP contribution >= 0.6 is 0 Å². The van der Waals surface area contributed by atoms with Gasteiger partial charge in [0.05, 0.1) is 18.2 Å². The van der Waals surface area contributed by atoms with Gasteiger partial charge in [-0.1, -0.05) is 42.5 Å². The number of rotatable bonds is 7. The Morgan fingerprint density at radius 1 is 1.23 bits per heavy atom. The number of β-amino-alcohol motifs (C(OH)–C–C–N with tert-alkyl or cyclic N) is 1. The Bertz CT molecular complexity index is 1270. The number of esters is 1. The Morgan fingerprint density at radius 2 is 2.06 bits per heavy atom. The van der Waals surface area contributed by atoms with Gasteiger partial charge in [0.25, 0.3) is 0 Å². The normalized spacial score (nSPS) is 20.2. The van der Waals surface area contributed by atoms with Crippen LogP contribution in [0.4, 0.5) is 11.5 Å². The average molecular weight is 469 g/mol. The number of pyridine rings is 1. The molecule has 2 N–H and O–H groups in total. The van der Waals surface area contributed by atoms with Crippen molar-refractivity contribution in [2.45, 2.75) is 31.5 Å².